The van der Waals surface area contributed by atoms with Crippen LogP contribution in [0.25, 0.3) is 6.08 Å². The lowest BCUT2D eigenvalue weighted by atomic mass is 10.1. The Labute approximate surface area is 277 Å². The summed E-state index contributed by atoms with van der Waals surface area (Å²) >= 11 is 1.32. The minimum absolute atomic E-state index is 0.0817. The third-order valence-corrected chi connectivity index (χ3v) is 8.34. The molecular weight excluding hydrogens is 609 g/mol. The molecule has 5 N–H and O–H groups in total. The molecule has 0 heterocycles. The van der Waals surface area contributed by atoms with Gasteiger partial charge in [0, 0.05) is 16.1 Å². The van der Waals surface area contributed by atoms with Crippen LogP contribution in [0, 0.1) is 6.92 Å². The van der Waals surface area contributed by atoms with E-state index in [0.717, 1.165) is 21.6 Å². The maximum absolute atomic E-state index is 13.6. The first-order chi connectivity index (χ1) is 22.8. The standard InChI is InChI=1S/C38H32N4O4S/c1-25-16-18-26(19-17-25)24-33(42-36(44)28-12-6-3-7-13-28)37(45)40-29-20-22-30(23-21-29)47-34(27-10-4-2-5-11-27)38(46)41-32-15-9-8-14-31(32)35(39)43/h2-24,34H,1H3,(H2,39,43)(H,40,45)(H,41,46)(H,42,44)/b33-24-. The summed E-state index contributed by atoms with van der Waals surface area (Å²) in [4.78, 5) is 52.6. The van der Waals surface area contributed by atoms with Gasteiger partial charge >= 0.3 is 0 Å². The first-order valence-corrected chi connectivity index (χ1v) is 15.6. The van der Waals surface area contributed by atoms with Gasteiger partial charge in [-0.05, 0) is 72.7 Å². The molecule has 5 aromatic rings. The normalized spacial score (nSPS) is 11.6. The highest BCUT2D eigenvalue weighted by Gasteiger charge is 2.24. The van der Waals surface area contributed by atoms with Gasteiger partial charge in [-0.2, -0.15) is 0 Å². The molecule has 5 aromatic carbocycles. The predicted octanol–water partition coefficient (Wildman–Crippen LogP) is 6.98. The van der Waals surface area contributed by atoms with Crippen molar-refractivity contribution in [1.82, 2.24) is 5.32 Å². The largest absolute Gasteiger partial charge is 0.366 e. The lowest BCUT2D eigenvalue weighted by Crippen LogP contribution is -2.30. The lowest BCUT2D eigenvalue weighted by Gasteiger charge is -2.18. The van der Waals surface area contributed by atoms with Gasteiger partial charge in [-0.25, -0.2) is 0 Å². The monoisotopic (exact) mass is 640 g/mol. The summed E-state index contributed by atoms with van der Waals surface area (Å²) in [6.07, 6.45) is 1.62. The second kappa shape index (κ2) is 15.4. The number of hydrogen-bond donors (Lipinski definition) is 4. The second-order valence-electron chi connectivity index (χ2n) is 10.6. The fraction of sp³-hybridized carbons (Fsp3) is 0.0526. The van der Waals surface area contributed by atoms with E-state index in [-0.39, 0.29) is 17.2 Å². The Hall–Kier alpha value is -5.93. The van der Waals surface area contributed by atoms with Crippen LogP contribution >= 0.6 is 11.8 Å². The van der Waals surface area contributed by atoms with Gasteiger partial charge in [-0.1, -0.05) is 90.5 Å². The van der Waals surface area contributed by atoms with Crippen LogP contribution in [-0.4, -0.2) is 23.6 Å². The molecule has 0 aliphatic carbocycles. The van der Waals surface area contributed by atoms with Gasteiger partial charge < -0.3 is 21.7 Å². The summed E-state index contributed by atoms with van der Waals surface area (Å²) in [5, 5.41) is 7.80. The van der Waals surface area contributed by atoms with Crippen molar-refractivity contribution in [2.45, 2.75) is 17.1 Å². The van der Waals surface area contributed by atoms with Crippen LogP contribution in [0.3, 0.4) is 0 Å². The van der Waals surface area contributed by atoms with E-state index in [2.05, 4.69) is 16.0 Å². The van der Waals surface area contributed by atoms with Crippen LogP contribution in [0.1, 0.15) is 42.7 Å². The maximum atomic E-state index is 13.6. The highest BCUT2D eigenvalue weighted by molar-refractivity contribution is 8.00. The molecule has 5 rings (SSSR count). The minimum Gasteiger partial charge on any atom is -0.366 e. The van der Waals surface area contributed by atoms with Gasteiger partial charge in [-0.3, -0.25) is 19.2 Å². The predicted molar refractivity (Wildman–Crippen MR) is 187 cm³/mol. The molecule has 0 saturated heterocycles. The summed E-state index contributed by atoms with van der Waals surface area (Å²) in [7, 11) is 0. The molecule has 0 fully saturated rings. The molecule has 1 atom stereocenters. The van der Waals surface area contributed by atoms with E-state index in [0.29, 0.717) is 16.9 Å². The van der Waals surface area contributed by atoms with E-state index < -0.39 is 23.0 Å². The van der Waals surface area contributed by atoms with Crippen LogP contribution in [0.4, 0.5) is 11.4 Å². The summed E-state index contributed by atoms with van der Waals surface area (Å²) in [6, 6.07) is 39.2. The average Bonchev–Trinajstić information content (AvgIpc) is 3.09. The lowest BCUT2D eigenvalue weighted by molar-refractivity contribution is -0.116. The molecule has 0 saturated carbocycles. The molecule has 0 radical (unpaired) electrons. The zero-order chi connectivity index (χ0) is 33.2. The molecule has 1 unspecified atom stereocenters. The van der Waals surface area contributed by atoms with Gasteiger partial charge in [-0.15, -0.1) is 11.8 Å². The molecule has 234 valence electrons. The Morgan fingerprint density at radius 1 is 0.702 bits per heavy atom. The SMILES string of the molecule is Cc1ccc(/C=C(\NC(=O)c2ccccc2)C(=O)Nc2ccc(SC(C(=O)Nc3ccccc3C(N)=O)c3ccccc3)cc2)cc1. The fourth-order valence-electron chi connectivity index (χ4n) is 4.63. The van der Waals surface area contributed by atoms with Crippen molar-refractivity contribution in [3.05, 3.63) is 167 Å². The molecule has 9 heteroatoms. The zero-order valence-corrected chi connectivity index (χ0v) is 26.3. The summed E-state index contributed by atoms with van der Waals surface area (Å²) in [5.41, 5.74) is 9.66. The Morgan fingerprint density at radius 2 is 1.32 bits per heavy atom. The van der Waals surface area contributed by atoms with Crippen LogP contribution < -0.4 is 21.7 Å². The Kier molecular flexibility index (Phi) is 10.6. The topological polar surface area (TPSA) is 130 Å². The number of carbonyl (C=O) groups is 4. The highest BCUT2D eigenvalue weighted by atomic mass is 32.2. The van der Waals surface area contributed by atoms with E-state index >= 15 is 0 Å². The zero-order valence-electron chi connectivity index (χ0n) is 25.5. The van der Waals surface area contributed by atoms with Crippen molar-refractivity contribution in [1.29, 1.82) is 0 Å². The number of nitrogens with two attached hydrogens (primary N) is 1. The van der Waals surface area contributed by atoms with E-state index in [1.807, 2.05) is 67.6 Å². The van der Waals surface area contributed by atoms with Crippen LogP contribution in [-0.2, 0) is 9.59 Å². The number of carbonyl (C=O) groups excluding carboxylic acids is 4. The molecule has 0 aliphatic heterocycles. The number of primary amides is 1. The number of para-hydroxylation sites is 1. The van der Waals surface area contributed by atoms with Crippen LogP contribution in [0.2, 0.25) is 0 Å². The number of amides is 4. The number of nitrogens with one attached hydrogen (secondary N) is 3. The maximum Gasteiger partial charge on any atom is 0.272 e. The van der Waals surface area contributed by atoms with Crippen LogP contribution in [0.5, 0.6) is 0 Å². The summed E-state index contributed by atoms with van der Waals surface area (Å²) in [6.45, 7) is 1.97. The molecule has 4 amide bonds. The Bertz CT molecular complexity index is 1910. The van der Waals surface area contributed by atoms with Crippen molar-refractivity contribution < 1.29 is 19.2 Å². The van der Waals surface area contributed by atoms with E-state index in [4.69, 9.17) is 5.73 Å². The van der Waals surface area contributed by atoms with Crippen molar-refractivity contribution in [2.75, 3.05) is 10.6 Å². The van der Waals surface area contributed by atoms with Crippen molar-refractivity contribution >= 4 is 52.8 Å². The Morgan fingerprint density at radius 3 is 1.98 bits per heavy atom. The van der Waals surface area contributed by atoms with Gasteiger partial charge in [0.25, 0.3) is 17.7 Å². The summed E-state index contributed by atoms with van der Waals surface area (Å²) in [5.74, 6) is -1.87. The molecule has 8 nitrogen and oxygen atoms in total. The quantitative estimate of drug-likeness (QED) is 0.0915. The van der Waals surface area contributed by atoms with E-state index in [1.165, 1.54) is 11.8 Å². The highest BCUT2D eigenvalue weighted by Crippen LogP contribution is 2.37. The second-order valence-corrected chi connectivity index (χ2v) is 11.8. The third kappa shape index (κ3) is 8.84. The molecule has 0 aliphatic rings. The van der Waals surface area contributed by atoms with Gasteiger partial charge in [0.15, 0.2) is 0 Å². The van der Waals surface area contributed by atoms with Gasteiger partial charge in [0.2, 0.25) is 5.91 Å². The molecule has 0 bridgehead atoms. The molecule has 0 aromatic heterocycles. The number of anilines is 2. The first-order valence-electron chi connectivity index (χ1n) is 14.7. The first kappa shape index (κ1) is 32.5. The number of thioether (sulfide) groups is 1. The average molecular weight is 641 g/mol. The number of rotatable bonds is 11. The van der Waals surface area contributed by atoms with Crippen molar-refractivity contribution in [3.63, 3.8) is 0 Å². The smallest absolute Gasteiger partial charge is 0.272 e. The molecular formula is C38H32N4O4S. The van der Waals surface area contributed by atoms with Crippen molar-refractivity contribution in [3.8, 4) is 0 Å². The Balaban J connectivity index is 1.33. The third-order valence-electron chi connectivity index (χ3n) is 7.07. The van der Waals surface area contributed by atoms with Gasteiger partial charge in [0.05, 0.1) is 11.3 Å². The van der Waals surface area contributed by atoms with E-state index in [9.17, 15) is 19.2 Å². The number of aryl methyl sites for hydroxylation is 1. The summed E-state index contributed by atoms with van der Waals surface area (Å²) < 4.78 is 0. The fourth-order valence-corrected chi connectivity index (χ4v) is 5.65. The minimum atomic E-state index is -0.658. The number of benzene rings is 5. The van der Waals surface area contributed by atoms with E-state index in [1.54, 1.807) is 78.9 Å². The molecule has 47 heavy (non-hydrogen) atoms. The van der Waals surface area contributed by atoms with Gasteiger partial charge in [0.1, 0.15) is 10.9 Å². The van der Waals surface area contributed by atoms with Crippen molar-refractivity contribution in [2.24, 2.45) is 5.73 Å². The number of hydrogen-bond acceptors (Lipinski definition) is 5. The van der Waals surface area contributed by atoms with Crippen LogP contribution in [0.15, 0.2) is 144 Å². The molecule has 0 spiro atoms.